The number of hydrogen-bond donors (Lipinski definition) is 1. The lowest BCUT2D eigenvalue weighted by molar-refractivity contribution is 0.572. The van der Waals surface area contributed by atoms with Crippen LogP contribution in [-0.4, -0.2) is 4.98 Å². The lowest BCUT2D eigenvalue weighted by Gasteiger charge is -2.09. The van der Waals surface area contributed by atoms with Crippen LogP contribution in [0, 0.1) is 0 Å². The number of anilines is 1. The summed E-state index contributed by atoms with van der Waals surface area (Å²) in [6.07, 6.45) is 3.16. The van der Waals surface area contributed by atoms with Crippen LogP contribution in [0.3, 0.4) is 0 Å². The van der Waals surface area contributed by atoms with Gasteiger partial charge in [-0.3, -0.25) is 0 Å². The second-order valence-corrected chi connectivity index (χ2v) is 5.25. The van der Waals surface area contributed by atoms with Gasteiger partial charge in [0.05, 0.1) is 6.20 Å². The van der Waals surface area contributed by atoms with E-state index in [0.717, 1.165) is 28.0 Å². The molecule has 0 aliphatic carbocycles. The van der Waals surface area contributed by atoms with Gasteiger partial charge in [0, 0.05) is 22.3 Å². The van der Waals surface area contributed by atoms with Crippen molar-refractivity contribution < 1.29 is 4.42 Å². The second-order valence-electron chi connectivity index (χ2n) is 4.39. The van der Waals surface area contributed by atoms with Crippen molar-refractivity contribution >= 4 is 21.6 Å². The first-order chi connectivity index (χ1) is 9.83. The average molecular weight is 329 g/mol. The molecule has 20 heavy (non-hydrogen) atoms. The van der Waals surface area contributed by atoms with Crippen molar-refractivity contribution in [3.05, 3.63) is 71.2 Å². The van der Waals surface area contributed by atoms with Crippen molar-refractivity contribution in [2.24, 2.45) is 0 Å². The van der Waals surface area contributed by atoms with Crippen LogP contribution < -0.4 is 5.32 Å². The fourth-order valence-corrected chi connectivity index (χ4v) is 2.40. The third-order valence-corrected chi connectivity index (χ3v) is 3.79. The van der Waals surface area contributed by atoms with Crippen molar-refractivity contribution in [3.63, 3.8) is 0 Å². The van der Waals surface area contributed by atoms with Crippen LogP contribution in [0.15, 0.2) is 70.0 Å². The van der Waals surface area contributed by atoms with Crippen molar-refractivity contribution in [1.82, 2.24) is 4.98 Å². The maximum Gasteiger partial charge on any atom is 0.181 e. The number of halogens is 1. The van der Waals surface area contributed by atoms with E-state index in [4.69, 9.17) is 4.42 Å². The zero-order valence-electron chi connectivity index (χ0n) is 10.7. The molecule has 0 radical (unpaired) electrons. The van der Waals surface area contributed by atoms with E-state index in [9.17, 15) is 0 Å². The fraction of sp³-hybridized carbons (Fsp3) is 0.0625. The molecule has 4 heteroatoms. The molecule has 0 unspecified atom stereocenters. The normalized spacial score (nSPS) is 10.4. The molecule has 3 rings (SSSR count). The van der Waals surface area contributed by atoms with Gasteiger partial charge >= 0.3 is 0 Å². The monoisotopic (exact) mass is 328 g/mol. The fourth-order valence-electron chi connectivity index (χ4n) is 1.98. The molecule has 0 aliphatic rings. The summed E-state index contributed by atoms with van der Waals surface area (Å²) >= 11 is 3.55. The minimum Gasteiger partial charge on any atom is -0.444 e. The number of aromatic nitrogens is 1. The molecule has 2 aromatic carbocycles. The van der Waals surface area contributed by atoms with Crippen LogP contribution in [-0.2, 0) is 6.54 Å². The number of nitrogens with zero attached hydrogens (tertiary/aromatic N) is 1. The molecule has 100 valence electrons. The first-order valence-electron chi connectivity index (χ1n) is 6.29. The highest BCUT2D eigenvalue weighted by molar-refractivity contribution is 9.10. The van der Waals surface area contributed by atoms with E-state index in [0.29, 0.717) is 0 Å². The molecular formula is C16H13BrN2O. The van der Waals surface area contributed by atoms with E-state index >= 15 is 0 Å². The van der Waals surface area contributed by atoms with E-state index in [2.05, 4.69) is 38.4 Å². The van der Waals surface area contributed by atoms with Crippen molar-refractivity contribution in [1.29, 1.82) is 0 Å². The van der Waals surface area contributed by atoms with Gasteiger partial charge in [-0.25, -0.2) is 4.98 Å². The summed E-state index contributed by atoms with van der Waals surface area (Å²) < 4.78 is 6.42. The van der Waals surface area contributed by atoms with Crippen LogP contribution in [0.5, 0.6) is 0 Å². The number of rotatable bonds is 4. The average Bonchev–Trinajstić information content (AvgIpc) is 3.01. The highest BCUT2D eigenvalue weighted by Crippen LogP contribution is 2.23. The van der Waals surface area contributed by atoms with Crippen LogP contribution >= 0.6 is 15.9 Å². The van der Waals surface area contributed by atoms with Crippen LogP contribution in [0.2, 0.25) is 0 Å². The highest BCUT2D eigenvalue weighted by Gasteiger charge is 2.03. The summed E-state index contributed by atoms with van der Waals surface area (Å²) in [5, 5.41) is 3.41. The summed E-state index contributed by atoms with van der Waals surface area (Å²) in [5.74, 6) is 0.773. The first-order valence-corrected chi connectivity index (χ1v) is 7.08. The molecule has 0 saturated carbocycles. The molecular weight excluding hydrogens is 316 g/mol. The molecule has 0 atom stereocenters. The van der Waals surface area contributed by atoms with E-state index in [1.807, 2.05) is 36.4 Å². The maximum atomic E-state index is 5.31. The SMILES string of the molecule is Brc1ccccc1CNc1cccc(-c2cnco2)c1. The molecule has 0 amide bonds. The number of benzene rings is 2. The van der Waals surface area contributed by atoms with Gasteiger partial charge in [0.25, 0.3) is 0 Å². The smallest absolute Gasteiger partial charge is 0.181 e. The van der Waals surface area contributed by atoms with Crippen molar-refractivity contribution in [3.8, 4) is 11.3 Å². The van der Waals surface area contributed by atoms with Crippen molar-refractivity contribution in [2.75, 3.05) is 5.32 Å². The molecule has 1 heterocycles. The third kappa shape index (κ3) is 2.91. The molecule has 0 fully saturated rings. The standard InChI is InChI=1S/C16H13BrN2O/c17-15-7-2-1-4-13(15)9-19-14-6-3-5-12(8-14)16-10-18-11-20-16/h1-8,10-11,19H,9H2. The Morgan fingerprint density at radius 2 is 2.00 bits per heavy atom. The first kappa shape index (κ1) is 12.9. The van der Waals surface area contributed by atoms with Gasteiger partial charge in [-0.05, 0) is 23.8 Å². The molecule has 1 N–H and O–H groups in total. The topological polar surface area (TPSA) is 38.1 Å². The number of nitrogens with one attached hydrogen (secondary N) is 1. The Hall–Kier alpha value is -2.07. The van der Waals surface area contributed by atoms with Crippen LogP contribution in [0.25, 0.3) is 11.3 Å². The van der Waals surface area contributed by atoms with E-state index in [1.165, 1.54) is 12.0 Å². The number of oxazole rings is 1. The van der Waals surface area contributed by atoms with Gasteiger partial charge in [0.2, 0.25) is 0 Å². The Morgan fingerprint density at radius 3 is 2.80 bits per heavy atom. The Morgan fingerprint density at radius 1 is 1.10 bits per heavy atom. The Kier molecular flexibility index (Phi) is 3.83. The zero-order valence-corrected chi connectivity index (χ0v) is 12.3. The summed E-state index contributed by atoms with van der Waals surface area (Å²) in [7, 11) is 0. The third-order valence-electron chi connectivity index (χ3n) is 3.02. The summed E-state index contributed by atoms with van der Waals surface area (Å²) in [4.78, 5) is 3.94. The van der Waals surface area contributed by atoms with Gasteiger partial charge in [0.1, 0.15) is 0 Å². The molecule has 0 aliphatic heterocycles. The molecule has 3 nitrogen and oxygen atoms in total. The Bertz CT molecular complexity index is 695. The molecule has 3 aromatic rings. The van der Waals surface area contributed by atoms with Crippen molar-refractivity contribution in [2.45, 2.75) is 6.54 Å². The van der Waals surface area contributed by atoms with Crippen LogP contribution in [0.4, 0.5) is 5.69 Å². The Labute approximate surface area is 125 Å². The largest absolute Gasteiger partial charge is 0.444 e. The zero-order chi connectivity index (χ0) is 13.8. The summed E-state index contributed by atoms with van der Waals surface area (Å²) in [5.41, 5.74) is 3.28. The van der Waals surface area contributed by atoms with E-state index < -0.39 is 0 Å². The molecule has 0 bridgehead atoms. The maximum absolute atomic E-state index is 5.31. The lowest BCUT2D eigenvalue weighted by Crippen LogP contribution is -1.99. The van der Waals surface area contributed by atoms with Gasteiger partial charge in [-0.1, -0.05) is 46.3 Å². The highest BCUT2D eigenvalue weighted by atomic mass is 79.9. The second kappa shape index (κ2) is 5.92. The van der Waals surface area contributed by atoms with E-state index in [1.54, 1.807) is 6.20 Å². The number of hydrogen-bond acceptors (Lipinski definition) is 3. The van der Waals surface area contributed by atoms with Gasteiger partial charge in [0.15, 0.2) is 12.2 Å². The predicted molar refractivity (Wildman–Crippen MR) is 83.4 cm³/mol. The molecule has 1 aromatic heterocycles. The summed E-state index contributed by atoms with van der Waals surface area (Å²) in [6.45, 7) is 0.765. The lowest BCUT2D eigenvalue weighted by atomic mass is 10.1. The van der Waals surface area contributed by atoms with Gasteiger partial charge in [-0.2, -0.15) is 0 Å². The Balaban J connectivity index is 1.75. The summed E-state index contributed by atoms with van der Waals surface area (Å²) in [6, 6.07) is 16.3. The van der Waals surface area contributed by atoms with Crippen LogP contribution in [0.1, 0.15) is 5.56 Å². The van der Waals surface area contributed by atoms with Gasteiger partial charge in [-0.15, -0.1) is 0 Å². The minimum absolute atomic E-state index is 0.765. The van der Waals surface area contributed by atoms with E-state index in [-0.39, 0.29) is 0 Å². The van der Waals surface area contributed by atoms with Gasteiger partial charge < -0.3 is 9.73 Å². The minimum atomic E-state index is 0.765. The quantitative estimate of drug-likeness (QED) is 0.753. The predicted octanol–water partition coefficient (Wildman–Crippen LogP) is 4.72. The molecule has 0 saturated heterocycles. The molecule has 0 spiro atoms.